The molecule has 0 bridgehead atoms. The summed E-state index contributed by atoms with van der Waals surface area (Å²) in [7, 11) is 4.09. The molecule has 2 fully saturated rings. The molecule has 12 heteroatoms. The number of carbonyl (C=O) groups excluding carboxylic acids is 1. The molecular weight excluding hydrogens is 557 g/mol. The number of nitrogens with one attached hydrogen (secondary N) is 1. The van der Waals surface area contributed by atoms with Gasteiger partial charge in [0.15, 0.2) is 11.6 Å². The molecule has 0 radical (unpaired) electrons. The van der Waals surface area contributed by atoms with Gasteiger partial charge in [0.1, 0.15) is 11.3 Å². The largest absolute Gasteiger partial charge is 0.382 e. The summed E-state index contributed by atoms with van der Waals surface area (Å²) >= 11 is 6.92. The third-order valence-electron chi connectivity index (χ3n) is 8.67. The second-order valence-electron chi connectivity index (χ2n) is 11.6. The fourth-order valence-electron chi connectivity index (χ4n) is 6.08. The summed E-state index contributed by atoms with van der Waals surface area (Å²) in [5, 5.41) is 8.56. The summed E-state index contributed by atoms with van der Waals surface area (Å²) in [4.78, 5) is 30.5. The molecule has 1 amide bonds. The van der Waals surface area contributed by atoms with Crippen LogP contribution in [0.2, 0.25) is 5.02 Å². The van der Waals surface area contributed by atoms with E-state index < -0.39 is 5.82 Å². The van der Waals surface area contributed by atoms with Crippen molar-refractivity contribution in [3.8, 4) is 11.1 Å². The standard InChI is InChI=1S/C30H35ClFN9O/c1-7-22(42)40-11-17(4)41(12-16(40)3)29-20-10-21(31)24(23-15(2)8-9-19-26(23)36-37-28(19)33)25(32)27(20)34-30(35-29)39-13-18(14-39)38(5)6/h7-10,16-18H,1,11-14H2,2-6H3,(H3,33,36,37)/t16-,17+/m1/s1. The minimum absolute atomic E-state index is 0.0903. The summed E-state index contributed by atoms with van der Waals surface area (Å²) < 4.78 is 16.9. The van der Waals surface area contributed by atoms with E-state index >= 15 is 4.39 Å². The highest BCUT2D eigenvalue weighted by atomic mass is 35.5. The van der Waals surface area contributed by atoms with Crippen LogP contribution >= 0.6 is 11.6 Å². The van der Waals surface area contributed by atoms with E-state index in [4.69, 9.17) is 27.3 Å². The molecule has 6 rings (SSSR count). The lowest BCUT2D eigenvalue weighted by atomic mass is 9.95. The van der Waals surface area contributed by atoms with Crippen molar-refractivity contribution in [2.24, 2.45) is 0 Å². The van der Waals surface area contributed by atoms with Gasteiger partial charge in [-0.1, -0.05) is 24.2 Å². The number of rotatable bonds is 5. The predicted molar refractivity (Wildman–Crippen MR) is 167 cm³/mol. The Hall–Kier alpha value is -3.96. The van der Waals surface area contributed by atoms with Gasteiger partial charge in [-0.15, -0.1) is 0 Å². The number of benzene rings is 2. The summed E-state index contributed by atoms with van der Waals surface area (Å²) in [6.45, 7) is 12.0. The SMILES string of the molecule is C=CC(=O)N1C[C@H](C)N(c2nc(N3CC(N(C)C)C3)nc3c(F)c(-c4c(C)ccc5c(N)n[nH]c45)c(Cl)cc23)C[C@H]1C. The highest BCUT2D eigenvalue weighted by Crippen LogP contribution is 2.43. The number of halogens is 2. The van der Waals surface area contributed by atoms with Crippen LogP contribution in [0.5, 0.6) is 0 Å². The van der Waals surface area contributed by atoms with Crippen molar-refractivity contribution in [1.82, 2.24) is 30.0 Å². The summed E-state index contributed by atoms with van der Waals surface area (Å²) in [6.07, 6.45) is 1.34. The Morgan fingerprint density at radius 3 is 2.57 bits per heavy atom. The highest BCUT2D eigenvalue weighted by Gasteiger charge is 2.36. The average Bonchev–Trinajstić information content (AvgIpc) is 3.29. The van der Waals surface area contributed by atoms with Crippen molar-refractivity contribution >= 4 is 56.9 Å². The van der Waals surface area contributed by atoms with Gasteiger partial charge in [-0.3, -0.25) is 9.89 Å². The normalized spacial score (nSPS) is 19.7. The number of aryl methyl sites for hydroxylation is 1. The topological polar surface area (TPSA) is 111 Å². The van der Waals surface area contributed by atoms with Crippen LogP contribution in [0.1, 0.15) is 19.4 Å². The maximum absolute atomic E-state index is 16.9. The van der Waals surface area contributed by atoms with E-state index in [1.807, 2.05) is 47.0 Å². The second kappa shape index (κ2) is 10.4. The Labute approximate surface area is 248 Å². The minimum atomic E-state index is -0.531. The van der Waals surface area contributed by atoms with Gasteiger partial charge in [0.25, 0.3) is 0 Å². The molecule has 220 valence electrons. The Morgan fingerprint density at radius 1 is 1.14 bits per heavy atom. The summed E-state index contributed by atoms with van der Waals surface area (Å²) in [5.74, 6) is 0.757. The Balaban J connectivity index is 1.55. The van der Waals surface area contributed by atoms with E-state index in [1.54, 1.807) is 11.0 Å². The van der Waals surface area contributed by atoms with Crippen LogP contribution in [0.15, 0.2) is 30.9 Å². The molecule has 2 saturated heterocycles. The van der Waals surface area contributed by atoms with Gasteiger partial charge in [-0.2, -0.15) is 10.1 Å². The molecule has 2 aliphatic heterocycles. The number of carbonyl (C=O) groups is 1. The first kappa shape index (κ1) is 28.2. The van der Waals surface area contributed by atoms with Gasteiger partial charge in [0.2, 0.25) is 11.9 Å². The molecule has 4 heterocycles. The predicted octanol–water partition coefficient (Wildman–Crippen LogP) is 4.22. The molecule has 0 unspecified atom stereocenters. The molecule has 0 aliphatic carbocycles. The molecule has 2 aromatic heterocycles. The molecule has 2 atom stereocenters. The van der Waals surface area contributed by atoms with Gasteiger partial charge >= 0.3 is 0 Å². The Bertz CT molecular complexity index is 1730. The lowest BCUT2D eigenvalue weighted by Gasteiger charge is -2.45. The van der Waals surface area contributed by atoms with Crippen molar-refractivity contribution in [3.63, 3.8) is 0 Å². The van der Waals surface area contributed by atoms with Gasteiger partial charge in [0.05, 0.1) is 10.5 Å². The first-order valence-electron chi connectivity index (χ1n) is 14.0. The third-order valence-corrected chi connectivity index (χ3v) is 8.97. The zero-order valence-electron chi connectivity index (χ0n) is 24.4. The monoisotopic (exact) mass is 591 g/mol. The van der Waals surface area contributed by atoms with Crippen LogP contribution in [0, 0.1) is 12.7 Å². The van der Waals surface area contributed by atoms with Crippen LogP contribution in [-0.2, 0) is 4.79 Å². The number of nitrogen functional groups attached to an aromatic ring is 1. The maximum Gasteiger partial charge on any atom is 0.246 e. The molecule has 42 heavy (non-hydrogen) atoms. The van der Waals surface area contributed by atoms with Crippen molar-refractivity contribution < 1.29 is 9.18 Å². The molecule has 3 N–H and O–H groups in total. The van der Waals surface area contributed by atoms with E-state index in [-0.39, 0.29) is 34.1 Å². The molecular formula is C30H35ClFN9O. The lowest BCUT2D eigenvalue weighted by molar-refractivity contribution is -0.128. The van der Waals surface area contributed by atoms with Crippen molar-refractivity contribution in [3.05, 3.63) is 47.3 Å². The number of H-pyrrole nitrogens is 1. The quantitative estimate of drug-likeness (QED) is 0.332. The van der Waals surface area contributed by atoms with Crippen LogP contribution < -0.4 is 15.5 Å². The average molecular weight is 592 g/mol. The van der Waals surface area contributed by atoms with Crippen molar-refractivity contribution in [2.75, 3.05) is 55.8 Å². The van der Waals surface area contributed by atoms with E-state index in [0.29, 0.717) is 58.6 Å². The molecule has 0 saturated carbocycles. The summed E-state index contributed by atoms with van der Waals surface area (Å²) in [5.41, 5.74) is 8.54. The van der Waals surface area contributed by atoms with Crippen LogP contribution in [0.4, 0.5) is 22.0 Å². The van der Waals surface area contributed by atoms with Crippen LogP contribution in [0.3, 0.4) is 0 Å². The minimum Gasteiger partial charge on any atom is -0.382 e. The Kier molecular flexibility index (Phi) is 6.97. The number of anilines is 3. The van der Waals surface area contributed by atoms with Crippen LogP contribution in [-0.4, -0.2) is 94.3 Å². The van der Waals surface area contributed by atoms with Crippen molar-refractivity contribution in [2.45, 2.75) is 38.9 Å². The molecule has 2 aliphatic rings. The van der Waals surface area contributed by atoms with Crippen molar-refractivity contribution in [1.29, 1.82) is 0 Å². The first-order chi connectivity index (χ1) is 20.0. The molecule has 4 aromatic rings. The summed E-state index contributed by atoms with van der Waals surface area (Å²) in [6, 6.07) is 5.67. The zero-order chi connectivity index (χ0) is 30.0. The zero-order valence-corrected chi connectivity index (χ0v) is 25.2. The number of nitrogens with two attached hydrogens (primary N) is 1. The fourth-order valence-corrected chi connectivity index (χ4v) is 6.37. The molecule has 2 aromatic carbocycles. The van der Waals surface area contributed by atoms with E-state index in [9.17, 15) is 4.79 Å². The van der Waals surface area contributed by atoms with Crippen LogP contribution in [0.25, 0.3) is 32.9 Å². The number of aromatic nitrogens is 4. The number of hydrogen-bond donors (Lipinski definition) is 2. The van der Waals surface area contributed by atoms with Gasteiger partial charge in [0, 0.05) is 66.2 Å². The number of hydrogen-bond acceptors (Lipinski definition) is 8. The van der Waals surface area contributed by atoms with Gasteiger partial charge in [-0.05, 0) is 58.6 Å². The van der Waals surface area contributed by atoms with E-state index in [1.165, 1.54) is 6.08 Å². The number of piperazine rings is 1. The number of likely N-dealkylation sites (N-methyl/N-ethyl adjacent to an activating group) is 1. The van der Waals surface area contributed by atoms with E-state index in [2.05, 4.69) is 31.5 Å². The fraction of sp³-hybridized carbons (Fsp3) is 0.400. The number of amides is 1. The first-order valence-corrected chi connectivity index (χ1v) is 14.4. The van der Waals surface area contributed by atoms with Gasteiger partial charge < -0.3 is 25.3 Å². The smallest absolute Gasteiger partial charge is 0.246 e. The number of fused-ring (bicyclic) bond motifs is 2. The number of aromatic amines is 1. The molecule has 0 spiro atoms. The highest BCUT2D eigenvalue weighted by molar-refractivity contribution is 6.35. The number of nitrogens with zero attached hydrogens (tertiary/aromatic N) is 7. The molecule has 10 nitrogen and oxygen atoms in total. The maximum atomic E-state index is 16.9. The van der Waals surface area contributed by atoms with E-state index in [0.717, 1.165) is 18.7 Å². The lowest BCUT2D eigenvalue weighted by Crippen LogP contribution is -2.59. The van der Waals surface area contributed by atoms with Gasteiger partial charge in [-0.25, -0.2) is 9.37 Å². The Morgan fingerprint density at radius 2 is 1.88 bits per heavy atom. The second-order valence-corrected chi connectivity index (χ2v) is 12.1. The third kappa shape index (κ3) is 4.42.